The fourth-order valence-corrected chi connectivity index (χ4v) is 11.2. The Bertz CT molecular complexity index is 3130. The lowest BCUT2D eigenvalue weighted by Crippen LogP contribution is -2.62. The van der Waals surface area contributed by atoms with E-state index >= 15 is 0 Å². The molecular weight excluding hydrogens is 1260 g/mol. The van der Waals surface area contributed by atoms with Crippen LogP contribution in [0.1, 0.15) is 172 Å². The van der Waals surface area contributed by atoms with Crippen LogP contribution in [-0.2, 0) is 73.5 Å². The first-order chi connectivity index (χ1) is 46.0. The number of primary amides is 2. The summed E-state index contributed by atoms with van der Waals surface area (Å²) >= 11 is 0. The van der Waals surface area contributed by atoms with Crippen LogP contribution in [0.4, 0.5) is 0 Å². The maximum absolute atomic E-state index is 14.7. The summed E-state index contributed by atoms with van der Waals surface area (Å²) in [5.74, 6) is -11.8. The van der Waals surface area contributed by atoms with E-state index in [9.17, 15) is 67.1 Å². The molecule has 2 aromatic rings. The van der Waals surface area contributed by atoms with Crippen LogP contribution < -0.4 is 64.6 Å². The number of allylic oxidation sites excluding steroid dienone is 2. The number of nitrogens with two attached hydrogens (primary N) is 2. The summed E-state index contributed by atoms with van der Waals surface area (Å²) in [6.07, 6.45) is 12.9. The van der Waals surface area contributed by atoms with Crippen LogP contribution in [0, 0.1) is 17.8 Å². The highest BCUT2D eigenvalue weighted by Crippen LogP contribution is 2.23. The number of amides is 8. The number of likely N-dealkylation sites (N-methyl/N-ethyl adjacent to an activating group) is 1. The van der Waals surface area contributed by atoms with E-state index in [0.29, 0.717) is 25.7 Å². The molecule has 15 N–H and O–H groups in total. The Morgan fingerprint density at radius 1 is 0.663 bits per heavy atom. The molecule has 1 aromatic carbocycles. The lowest BCUT2D eigenvalue weighted by Gasteiger charge is -2.33. The molecule has 28 heteroatoms. The van der Waals surface area contributed by atoms with Gasteiger partial charge in [-0.15, -0.1) is 0 Å². The van der Waals surface area contributed by atoms with Crippen molar-refractivity contribution < 1.29 is 67.1 Å². The molecule has 0 saturated heterocycles. The maximum atomic E-state index is 14.7. The molecule has 3 rings (SSSR count). The van der Waals surface area contributed by atoms with Crippen LogP contribution in [0.5, 0.6) is 0 Å². The van der Waals surface area contributed by atoms with E-state index in [4.69, 9.17) is 11.5 Å². The van der Waals surface area contributed by atoms with Gasteiger partial charge in [-0.05, 0) is 145 Å². The largest absolute Gasteiger partial charge is 0.370 e. The molecule has 546 valence electrons. The van der Waals surface area contributed by atoms with Crippen molar-refractivity contribution in [2.75, 3.05) is 46.8 Å². The van der Waals surface area contributed by atoms with Crippen molar-refractivity contribution in [3.8, 4) is 0 Å². The number of nitrogens with zero attached hydrogens (tertiary/aromatic N) is 1. The van der Waals surface area contributed by atoms with Gasteiger partial charge in [-0.3, -0.25) is 77.8 Å². The Labute approximate surface area is 576 Å². The Morgan fingerprint density at radius 3 is 1.84 bits per heavy atom. The second-order valence-electron chi connectivity index (χ2n) is 27.5. The van der Waals surface area contributed by atoms with Crippen molar-refractivity contribution >= 4 is 92.9 Å². The number of carbonyl (C=O) groups is 14. The molecule has 98 heavy (non-hydrogen) atoms. The topological polar surface area (TPSA) is 430 Å². The second kappa shape index (κ2) is 41.5. The summed E-state index contributed by atoms with van der Waals surface area (Å²) in [6, 6.07) is -2.55. The van der Waals surface area contributed by atoms with Crippen molar-refractivity contribution in [1.82, 2.24) is 63.1 Å². The Balaban J connectivity index is 1.91. The molecule has 0 spiro atoms. The number of rotatable bonds is 27. The minimum atomic E-state index is -1.67. The summed E-state index contributed by atoms with van der Waals surface area (Å²) < 4.78 is 0. The molecule has 0 saturated carbocycles. The minimum absolute atomic E-state index is 0.0390. The molecule has 0 aliphatic carbocycles. The Hall–Kier alpha value is -7.92. The number of aromatic amines is 1. The number of para-hydroxylation sites is 1. The highest BCUT2D eigenvalue weighted by atomic mass is 16.2. The summed E-state index contributed by atoms with van der Waals surface area (Å²) in [6.45, 7) is 16.3. The summed E-state index contributed by atoms with van der Waals surface area (Å²) in [7, 11) is 3.56. The number of hydrogen-bond acceptors (Lipinski definition) is 19. The summed E-state index contributed by atoms with van der Waals surface area (Å²) in [5, 5.41) is 28.7. The molecule has 0 radical (unpaired) electrons. The van der Waals surface area contributed by atoms with E-state index in [0.717, 1.165) is 55.0 Å². The average molecular weight is 1370 g/mol. The molecule has 2 heterocycles. The molecule has 1 aliphatic heterocycles. The van der Waals surface area contributed by atoms with E-state index in [1.807, 2.05) is 44.2 Å². The van der Waals surface area contributed by atoms with Gasteiger partial charge in [0.05, 0.1) is 61.3 Å². The zero-order valence-electron chi connectivity index (χ0n) is 59.9. The first-order valence-corrected chi connectivity index (χ1v) is 34.4. The van der Waals surface area contributed by atoms with Crippen molar-refractivity contribution in [3.63, 3.8) is 0 Å². The molecule has 28 nitrogen and oxygen atoms in total. The number of ketones is 6. The minimum Gasteiger partial charge on any atom is -0.370 e. The molecule has 3 unspecified atom stereocenters. The summed E-state index contributed by atoms with van der Waals surface area (Å²) in [5.41, 5.74) is 9.56. The van der Waals surface area contributed by atoms with Crippen LogP contribution in [0.25, 0.3) is 10.9 Å². The van der Waals surface area contributed by atoms with Crippen molar-refractivity contribution in [1.29, 1.82) is 0 Å². The number of Topliss-reactive ketones (excluding diaryl/α,β-unsaturated/α-hetero) is 6. The molecule has 12 atom stereocenters. The molecule has 8 amide bonds. The van der Waals surface area contributed by atoms with Gasteiger partial charge in [0.1, 0.15) is 23.7 Å². The molecule has 1 aliphatic rings. The van der Waals surface area contributed by atoms with E-state index in [-0.39, 0.29) is 82.3 Å². The van der Waals surface area contributed by atoms with Crippen LogP contribution in [0.2, 0.25) is 0 Å². The van der Waals surface area contributed by atoms with Crippen LogP contribution in [-0.4, -0.2) is 198 Å². The molecule has 0 bridgehead atoms. The lowest BCUT2D eigenvalue weighted by molar-refractivity contribution is -0.140. The van der Waals surface area contributed by atoms with E-state index in [2.05, 4.69) is 64.2 Å². The predicted octanol–water partition coefficient (Wildman–Crippen LogP) is 1.24. The lowest BCUT2D eigenvalue weighted by atomic mass is 9.88. The van der Waals surface area contributed by atoms with Gasteiger partial charge >= 0.3 is 0 Å². The fourth-order valence-electron chi connectivity index (χ4n) is 11.2. The number of hydrogen-bond donors (Lipinski definition) is 13. The number of nitrogens with one attached hydrogen (secondary N) is 11. The van der Waals surface area contributed by atoms with E-state index < -0.39 is 142 Å². The van der Waals surface area contributed by atoms with Gasteiger partial charge in [-0.25, -0.2) is 0 Å². The average Bonchev–Trinajstić information content (AvgIpc) is 1.73. The van der Waals surface area contributed by atoms with Gasteiger partial charge in [0.15, 0.2) is 11.6 Å². The third-order valence-corrected chi connectivity index (χ3v) is 17.7. The SMILES string of the molecule is CC(C)C[C@@H]1CN[C@@H](CCC(N)=O)C(=O)C(=O)C(C)NC(=O)[C@H](Cc2c[nH]c3ccccc23)NCC(=O)[C@](C)(NCC(=O)CN(C)C)CCCCCCCC/C=C/CCC[C@@](C)(C(=O)NC(C)C(=O)N[C@@H](C)C(=O)NC(C)C(=O)N[C@@H](C)C(=O)C(=O)[C@H](C)NC[C@H](C)C(N)=O)NC1=O. The normalized spacial score (nSPS) is 23.5. The van der Waals surface area contributed by atoms with Crippen molar-refractivity contribution in [2.45, 2.75) is 232 Å². The third-order valence-electron chi connectivity index (χ3n) is 17.7. The van der Waals surface area contributed by atoms with Gasteiger partial charge in [0.25, 0.3) is 0 Å². The van der Waals surface area contributed by atoms with Gasteiger partial charge in [-0.1, -0.05) is 83.2 Å². The standard InChI is InChI=1S/C70H112N14O14/c1-41(2)33-50-37-75-54(29-30-57(71)87)61(91)60(90)45(6)79-67(97)55(34-49-36-74-53-28-24-23-27-52(49)53)76-39-56(86)69(10,77-38-51(85)40-84(12)13)31-25-21-19-17-15-14-16-18-20-22-26-32-70(11,83-66(50)96)68(98)82-48(9)65(95)81-47(8)64(94)80-46(7)63(93)78-44(5)59(89)58(88)43(4)73-35-42(3)62(72)92/h18,20,23-24,27-28,36,41-48,50,54-55,73-77H,14-17,19,21-22,25-26,29-35,37-40H2,1-13H3,(H2,71,87)(H2,72,92)(H,78,93)(H,79,97)(H,80,94)(H,81,95)(H,82,98)(H,83,96)/b20-18+/t42-,43-,44-,45?,46?,47-,48?,50+,54-,55-,69+,70-/m0/s1. The predicted molar refractivity (Wildman–Crippen MR) is 372 cm³/mol. The van der Waals surface area contributed by atoms with Crippen molar-refractivity contribution in [3.05, 3.63) is 48.2 Å². The van der Waals surface area contributed by atoms with Crippen molar-refractivity contribution in [2.24, 2.45) is 29.2 Å². The quantitative estimate of drug-likeness (QED) is 0.0442. The number of H-pyrrole nitrogens is 1. The van der Waals surface area contributed by atoms with Gasteiger partial charge in [-0.2, -0.15) is 0 Å². The highest BCUT2D eigenvalue weighted by Gasteiger charge is 2.40. The van der Waals surface area contributed by atoms with E-state index in [1.54, 1.807) is 39.0 Å². The van der Waals surface area contributed by atoms with Crippen LogP contribution >= 0.6 is 0 Å². The number of fused-ring (bicyclic) bond motifs is 1. The zero-order valence-corrected chi connectivity index (χ0v) is 59.9. The van der Waals surface area contributed by atoms with E-state index in [1.165, 1.54) is 48.5 Å². The smallest absolute Gasteiger partial charge is 0.246 e. The second-order valence-corrected chi connectivity index (χ2v) is 27.5. The van der Waals surface area contributed by atoms with Gasteiger partial charge < -0.3 is 63.9 Å². The van der Waals surface area contributed by atoms with Crippen LogP contribution in [0.3, 0.4) is 0 Å². The third kappa shape index (κ3) is 28.5. The maximum Gasteiger partial charge on any atom is 0.246 e. The summed E-state index contributed by atoms with van der Waals surface area (Å²) in [4.78, 5) is 194. The fraction of sp³-hybridized carbons (Fsp3) is 0.657. The first-order valence-electron chi connectivity index (χ1n) is 34.4. The van der Waals surface area contributed by atoms with Gasteiger partial charge in [0.2, 0.25) is 70.4 Å². The number of benzene rings is 1. The Kier molecular flexibility index (Phi) is 35.7. The number of carbonyl (C=O) groups excluding carboxylic acids is 14. The molecule has 1 aromatic heterocycles. The first kappa shape index (κ1) is 84.3. The zero-order chi connectivity index (χ0) is 73.6. The van der Waals surface area contributed by atoms with Gasteiger partial charge in [0, 0.05) is 42.5 Å². The highest BCUT2D eigenvalue weighted by molar-refractivity contribution is 6.41. The Morgan fingerprint density at radius 2 is 1.23 bits per heavy atom. The molecule has 0 fully saturated rings. The molecular formula is C70H112N14O14. The van der Waals surface area contributed by atoms with Crippen LogP contribution in [0.15, 0.2) is 42.6 Å². The number of aromatic nitrogens is 1. The monoisotopic (exact) mass is 1370 g/mol.